The van der Waals surface area contributed by atoms with E-state index in [-0.39, 0.29) is 11.4 Å². The first kappa shape index (κ1) is 17.3. The summed E-state index contributed by atoms with van der Waals surface area (Å²) in [5.41, 5.74) is 2.33. The summed E-state index contributed by atoms with van der Waals surface area (Å²) < 4.78 is 2.38. The minimum Gasteiger partial charge on any atom is -0.342 e. The van der Waals surface area contributed by atoms with E-state index in [4.69, 9.17) is 4.98 Å². The summed E-state index contributed by atoms with van der Waals surface area (Å²) in [6, 6.07) is 10.0. The predicted octanol–water partition coefficient (Wildman–Crippen LogP) is 2.59. The number of carbonyl (C=O) groups excluding carboxylic acids is 1. The first-order valence-electron chi connectivity index (χ1n) is 9.73. The molecular formula is C21H28N4O. The number of piperidine rings is 1. The molecule has 138 valence electrons. The van der Waals surface area contributed by atoms with Crippen molar-refractivity contribution in [2.75, 3.05) is 26.2 Å². The van der Waals surface area contributed by atoms with Crippen LogP contribution in [0.2, 0.25) is 0 Å². The van der Waals surface area contributed by atoms with Crippen LogP contribution in [0, 0.1) is 6.92 Å². The van der Waals surface area contributed by atoms with Gasteiger partial charge in [-0.3, -0.25) is 9.69 Å². The average Bonchev–Trinajstić information content (AvgIpc) is 3.05. The number of likely N-dealkylation sites (tertiary alicyclic amines) is 1. The molecule has 26 heavy (non-hydrogen) atoms. The summed E-state index contributed by atoms with van der Waals surface area (Å²) in [5.74, 6) is 1.45. The number of aromatic nitrogens is 2. The Balaban J connectivity index is 1.50. The molecule has 4 rings (SSSR count). The minimum absolute atomic E-state index is 0.00914. The Kier molecular flexibility index (Phi) is 4.57. The van der Waals surface area contributed by atoms with E-state index in [9.17, 15) is 4.79 Å². The Morgan fingerprint density at radius 3 is 2.54 bits per heavy atom. The molecule has 1 aromatic heterocycles. The van der Waals surface area contributed by atoms with Crippen LogP contribution in [-0.2, 0) is 23.3 Å². The summed E-state index contributed by atoms with van der Waals surface area (Å²) >= 11 is 0. The van der Waals surface area contributed by atoms with Crippen LogP contribution in [0.15, 0.2) is 36.5 Å². The van der Waals surface area contributed by atoms with Crippen molar-refractivity contribution < 1.29 is 4.79 Å². The zero-order valence-corrected chi connectivity index (χ0v) is 15.8. The van der Waals surface area contributed by atoms with Crippen LogP contribution in [0.25, 0.3) is 0 Å². The summed E-state index contributed by atoms with van der Waals surface area (Å²) in [6.45, 7) is 9.13. The molecule has 3 heterocycles. The number of hydrogen-bond donors (Lipinski definition) is 0. The fraction of sp³-hybridized carbons (Fsp3) is 0.524. The minimum atomic E-state index is -0.00914. The van der Waals surface area contributed by atoms with Gasteiger partial charge in [0.1, 0.15) is 5.82 Å². The summed E-state index contributed by atoms with van der Waals surface area (Å²) in [4.78, 5) is 22.1. The molecule has 1 aromatic carbocycles. The Labute approximate surface area is 155 Å². The van der Waals surface area contributed by atoms with Crippen molar-refractivity contribution >= 4 is 5.91 Å². The van der Waals surface area contributed by atoms with E-state index < -0.39 is 0 Å². The van der Waals surface area contributed by atoms with Crippen molar-refractivity contribution in [2.24, 2.45) is 0 Å². The van der Waals surface area contributed by atoms with Crippen LogP contribution in [-0.4, -0.2) is 51.4 Å². The predicted molar refractivity (Wildman–Crippen MR) is 102 cm³/mol. The van der Waals surface area contributed by atoms with Gasteiger partial charge in [-0.25, -0.2) is 4.98 Å². The Morgan fingerprint density at radius 2 is 1.85 bits per heavy atom. The van der Waals surface area contributed by atoms with Gasteiger partial charge in [0.25, 0.3) is 0 Å². The number of rotatable bonds is 3. The third kappa shape index (κ3) is 2.84. The van der Waals surface area contributed by atoms with Crippen molar-refractivity contribution in [1.29, 1.82) is 0 Å². The van der Waals surface area contributed by atoms with Crippen molar-refractivity contribution in [3.8, 4) is 0 Å². The molecule has 1 saturated heterocycles. The van der Waals surface area contributed by atoms with Gasteiger partial charge >= 0.3 is 0 Å². The zero-order valence-electron chi connectivity index (χ0n) is 15.8. The fourth-order valence-electron chi connectivity index (χ4n) is 4.70. The van der Waals surface area contributed by atoms with Gasteiger partial charge in [0.2, 0.25) is 5.91 Å². The normalized spacial score (nSPS) is 19.5. The SMILES string of the molecule is CCN1CCn2c(C)cnc2C12CCN(C(=O)Cc1ccccc1)CC2. The smallest absolute Gasteiger partial charge is 0.226 e. The second kappa shape index (κ2) is 6.88. The topological polar surface area (TPSA) is 41.4 Å². The van der Waals surface area contributed by atoms with E-state index in [1.165, 1.54) is 11.5 Å². The number of benzene rings is 1. The van der Waals surface area contributed by atoms with Gasteiger partial charge in [-0.15, -0.1) is 0 Å². The number of likely N-dealkylation sites (N-methyl/N-ethyl adjacent to an activating group) is 1. The second-order valence-electron chi connectivity index (χ2n) is 7.53. The highest BCUT2D eigenvalue weighted by atomic mass is 16.2. The maximum atomic E-state index is 12.7. The highest BCUT2D eigenvalue weighted by molar-refractivity contribution is 5.78. The van der Waals surface area contributed by atoms with Gasteiger partial charge in [-0.1, -0.05) is 37.3 Å². The summed E-state index contributed by atoms with van der Waals surface area (Å²) in [5, 5.41) is 0. The molecule has 2 aliphatic rings. The lowest BCUT2D eigenvalue weighted by Crippen LogP contribution is -2.58. The Bertz CT molecular complexity index is 775. The first-order valence-corrected chi connectivity index (χ1v) is 9.73. The van der Waals surface area contributed by atoms with Crippen LogP contribution in [0.1, 0.15) is 36.8 Å². The van der Waals surface area contributed by atoms with Crippen LogP contribution < -0.4 is 0 Å². The number of nitrogens with zero attached hydrogens (tertiary/aromatic N) is 4. The van der Waals surface area contributed by atoms with Gasteiger partial charge < -0.3 is 9.47 Å². The molecule has 0 bridgehead atoms. The number of aryl methyl sites for hydroxylation is 1. The van der Waals surface area contributed by atoms with E-state index in [0.717, 1.165) is 51.1 Å². The van der Waals surface area contributed by atoms with E-state index in [2.05, 4.69) is 23.3 Å². The molecule has 5 nitrogen and oxygen atoms in total. The first-order chi connectivity index (χ1) is 12.6. The molecule has 0 atom stereocenters. The lowest BCUT2D eigenvalue weighted by Gasteiger charge is -2.50. The number of fused-ring (bicyclic) bond motifs is 2. The molecule has 0 saturated carbocycles. The van der Waals surface area contributed by atoms with Crippen LogP contribution in [0.3, 0.4) is 0 Å². The number of hydrogen-bond acceptors (Lipinski definition) is 3. The molecule has 2 aliphatic heterocycles. The molecule has 1 amide bonds. The van der Waals surface area contributed by atoms with Gasteiger partial charge in [0, 0.05) is 38.1 Å². The van der Waals surface area contributed by atoms with Crippen LogP contribution in [0.5, 0.6) is 0 Å². The Hall–Kier alpha value is -2.14. The number of imidazole rings is 1. The highest BCUT2D eigenvalue weighted by Crippen LogP contribution is 2.40. The van der Waals surface area contributed by atoms with Crippen molar-refractivity contribution in [3.63, 3.8) is 0 Å². The number of carbonyl (C=O) groups is 1. The van der Waals surface area contributed by atoms with Crippen LogP contribution in [0.4, 0.5) is 0 Å². The molecular weight excluding hydrogens is 324 g/mol. The van der Waals surface area contributed by atoms with Gasteiger partial charge in [-0.2, -0.15) is 0 Å². The van der Waals surface area contributed by atoms with Gasteiger partial charge in [0.15, 0.2) is 0 Å². The van der Waals surface area contributed by atoms with E-state index in [1.807, 2.05) is 41.4 Å². The maximum Gasteiger partial charge on any atom is 0.226 e. The standard InChI is InChI=1S/C21H28N4O/c1-3-24-13-14-25-17(2)16-22-20(25)21(24)9-11-23(12-10-21)19(26)15-18-7-5-4-6-8-18/h4-8,16H,3,9-15H2,1-2H3. The summed E-state index contributed by atoms with van der Waals surface area (Å²) in [6.07, 6.45) is 4.44. The van der Waals surface area contributed by atoms with E-state index in [0.29, 0.717) is 6.42 Å². The largest absolute Gasteiger partial charge is 0.342 e. The molecule has 2 aromatic rings. The monoisotopic (exact) mass is 352 g/mol. The third-order valence-electron chi connectivity index (χ3n) is 6.19. The maximum absolute atomic E-state index is 12.7. The molecule has 5 heteroatoms. The van der Waals surface area contributed by atoms with Gasteiger partial charge in [0.05, 0.1) is 12.0 Å². The molecule has 1 spiro atoms. The third-order valence-corrected chi connectivity index (χ3v) is 6.19. The fourth-order valence-corrected chi connectivity index (χ4v) is 4.70. The zero-order chi connectivity index (χ0) is 18.1. The molecule has 0 aliphatic carbocycles. The average molecular weight is 352 g/mol. The number of amides is 1. The molecule has 0 unspecified atom stereocenters. The van der Waals surface area contributed by atoms with Crippen molar-refractivity contribution in [3.05, 3.63) is 53.6 Å². The quantitative estimate of drug-likeness (QED) is 0.853. The van der Waals surface area contributed by atoms with Crippen molar-refractivity contribution in [1.82, 2.24) is 19.4 Å². The van der Waals surface area contributed by atoms with E-state index in [1.54, 1.807) is 0 Å². The van der Waals surface area contributed by atoms with E-state index >= 15 is 0 Å². The highest BCUT2D eigenvalue weighted by Gasteiger charge is 2.46. The lowest BCUT2D eigenvalue weighted by atomic mass is 9.83. The molecule has 0 radical (unpaired) electrons. The lowest BCUT2D eigenvalue weighted by molar-refractivity contribution is -0.134. The Morgan fingerprint density at radius 1 is 1.12 bits per heavy atom. The second-order valence-corrected chi connectivity index (χ2v) is 7.53. The van der Waals surface area contributed by atoms with Crippen molar-refractivity contribution in [2.45, 2.75) is 45.2 Å². The molecule has 0 N–H and O–H groups in total. The molecule has 1 fully saturated rings. The van der Waals surface area contributed by atoms with Gasteiger partial charge in [-0.05, 0) is 31.9 Å². The van der Waals surface area contributed by atoms with Crippen LogP contribution >= 0.6 is 0 Å². The summed E-state index contributed by atoms with van der Waals surface area (Å²) in [7, 11) is 0.